The number of benzene rings is 3. The van der Waals surface area contributed by atoms with Crippen LogP contribution < -0.4 is 16.0 Å². The molecule has 1 aromatic heterocycles. The summed E-state index contributed by atoms with van der Waals surface area (Å²) < 4.78 is 4.96. The quantitative estimate of drug-likeness (QED) is 0.112. The van der Waals surface area contributed by atoms with E-state index in [2.05, 4.69) is 16.0 Å². The van der Waals surface area contributed by atoms with Crippen LogP contribution >= 0.6 is 23.1 Å². The molecular formula is C31H27N3O5S2. The van der Waals surface area contributed by atoms with Gasteiger partial charge in [-0.25, -0.2) is 4.79 Å². The second kappa shape index (κ2) is 14.6. The summed E-state index contributed by atoms with van der Waals surface area (Å²) >= 11 is 2.79. The van der Waals surface area contributed by atoms with Crippen molar-refractivity contribution in [2.75, 3.05) is 23.0 Å². The molecule has 10 heteroatoms. The van der Waals surface area contributed by atoms with Gasteiger partial charge in [0.2, 0.25) is 5.91 Å². The van der Waals surface area contributed by atoms with Gasteiger partial charge in [0.05, 0.1) is 17.9 Å². The Morgan fingerprint density at radius 2 is 1.49 bits per heavy atom. The first-order chi connectivity index (χ1) is 19.9. The van der Waals surface area contributed by atoms with E-state index < -0.39 is 11.9 Å². The fraction of sp³-hybridized carbons (Fsp3) is 0.0968. The Balaban J connectivity index is 1.32. The number of thiophene rings is 1. The predicted molar refractivity (Wildman–Crippen MR) is 163 cm³/mol. The zero-order valence-electron chi connectivity index (χ0n) is 22.1. The summed E-state index contributed by atoms with van der Waals surface area (Å²) in [7, 11) is 0. The van der Waals surface area contributed by atoms with Crippen LogP contribution in [0.1, 0.15) is 32.5 Å². The van der Waals surface area contributed by atoms with Crippen LogP contribution in [0.3, 0.4) is 0 Å². The number of rotatable bonds is 11. The van der Waals surface area contributed by atoms with Crippen LogP contribution in [0.4, 0.5) is 11.4 Å². The second-order valence-electron chi connectivity index (χ2n) is 8.51. The Bertz CT molecular complexity index is 1520. The van der Waals surface area contributed by atoms with E-state index in [4.69, 9.17) is 4.74 Å². The first kappa shape index (κ1) is 29.3. The van der Waals surface area contributed by atoms with Crippen molar-refractivity contribution in [3.05, 3.63) is 118 Å². The van der Waals surface area contributed by atoms with Crippen molar-refractivity contribution in [3.63, 3.8) is 0 Å². The maximum absolute atomic E-state index is 13.1. The van der Waals surface area contributed by atoms with Crippen LogP contribution in [-0.2, 0) is 14.3 Å². The minimum atomic E-state index is -0.462. The van der Waals surface area contributed by atoms with Crippen molar-refractivity contribution < 1.29 is 23.9 Å². The highest BCUT2D eigenvalue weighted by atomic mass is 32.2. The normalized spacial score (nSPS) is 10.9. The van der Waals surface area contributed by atoms with Crippen LogP contribution in [0.2, 0.25) is 0 Å². The molecule has 0 aliphatic heterocycles. The summed E-state index contributed by atoms with van der Waals surface area (Å²) in [4.78, 5) is 51.6. The lowest BCUT2D eigenvalue weighted by Gasteiger charge is -2.11. The Labute approximate surface area is 245 Å². The number of carbonyl (C=O) groups excluding carboxylic acids is 4. The van der Waals surface area contributed by atoms with E-state index in [-0.39, 0.29) is 23.3 Å². The fourth-order valence-electron chi connectivity index (χ4n) is 3.54. The number of ether oxygens (including phenoxy) is 1. The zero-order chi connectivity index (χ0) is 29.0. The number of hydrogen-bond acceptors (Lipinski definition) is 7. The molecular weight excluding hydrogens is 558 g/mol. The molecule has 41 heavy (non-hydrogen) atoms. The number of amides is 3. The molecule has 1 heterocycles. The van der Waals surface area contributed by atoms with E-state index in [9.17, 15) is 19.2 Å². The summed E-state index contributed by atoms with van der Waals surface area (Å²) in [5.74, 6) is -1.29. The summed E-state index contributed by atoms with van der Waals surface area (Å²) in [5.41, 5.74) is 2.09. The molecule has 0 aliphatic carbocycles. The Hall–Kier alpha value is -4.67. The first-order valence-corrected chi connectivity index (χ1v) is 14.5. The number of thioether (sulfide) groups is 1. The zero-order valence-corrected chi connectivity index (χ0v) is 23.7. The van der Waals surface area contributed by atoms with E-state index in [1.165, 1.54) is 23.1 Å². The molecule has 0 saturated carbocycles. The smallest absolute Gasteiger partial charge is 0.338 e. The van der Waals surface area contributed by atoms with E-state index in [1.807, 2.05) is 23.6 Å². The summed E-state index contributed by atoms with van der Waals surface area (Å²) in [6.45, 7) is 2.03. The number of nitrogens with one attached hydrogen (secondary N) is 3. The van der Waals surface area contributed by atoms with Gasteiger partial charge in [0, 0.05) is 26.7 Å². The molecule has 0 saturated heterocycles. The molecule has 208 valence electrons. The monoisotopic (exact) mass is 585 g/mol. The van der Waals surface area contributed by atoms with E-state index in [0.717, 1.165) is 9.77 Å². The number of esters is 1. The Morgan fingerprint density at radius 3 is 2.15 bits per heavy atom. The third-order valence-electron chi connectivity index (χ3n) is 5.52. The molecule has 8 nitrogen and oxygen atoms in total. The third-order valence-corrected chi connectivity index (χ3v) is 7.35. The summed E-state index contributed by atoms with van der Waals surface area (Å²) in [5, 5.41) is 10.2. The molecule has 0 spiro atoms. The number of carbonyl (C=O) groups is 4. The first-order valence-electron chi connectivity index (χ1n) is 12.6. The van der Waals surface area contributed by atoms with Crippen molar-refractivity contribution in [3.8, 4) is 0 Å². The lowest BCUT2D eigenvalue weighted by Crippen LogP contribution is -2.30. The maximum atomic E-state index is 13.1. The fourth-order valence-corrected chi connectivity index (χ4v) is 4.90. The van der Waals surface area contributed by atoms with Gasteiger partial charge in [-0.1, -0.05) is 24.3 Å². The molecule has 0 unspecified atom stereocenters. The molecule has 3 aromatic carbocycles. The lowest BCUT2D eigenvalue weighted by atomic mass is 10.2. The van der Waals surface area contributed by atoms with Crippen molar-refractivity contribution in [2.45, 2.75) is 11.8 Å². The average molecular weight is 586 g/mol. The molecule has 0 radical (unpaired) electrons. The molecule has 4 rings (SSSR count). The molecule has 0 fully saturated rings. The van der Waals surface area contributed by atoms with Gasteiger partial charge in [-0.15, -0.1) is 23.1 Å². The van der Waals surface area contributed by atoms with Crippen LogP contribution in [0.5, 0.6) is 0 Å². The molecule has 0 atom stereocenters. The molecule has 3 N–H and O–H groups in total. The van der Waals surface area contributed by atoms with Crippen LogP contribution in [0, 0.1) is 0 Å². The average Bonchev–Trinajstić information content (AvgIpc) is 3.50. The van der Waals surface area contributed by atoms with E-state index in [1.54, 1.807) is 85.8 Å². The van der Waals surface area contributed by atoms with Crippen molar-refractivity contribution in [2.24, 2.45) is 0 Å². The van der Waals surface area contributed by atoms with Crippen molar-refractivity contribution >= 4 is 64.2 Å². The Morgan fingerprint density at radius 1 is 0.805 bits per heavy atom. The van der Waals surface area contributed by atoms with E-state index in [0.29, 0.717) is 29.1 Å². The van der Waals surface area contributed by atoms with Gasteiger partial charge < -0.3 is 20.7 Å². The lowest BCUT2D eigenvalue weighted by molar-refractivity contribution is -0.114. The molecule has 4 aromatic rings. The highest BCUT2D eigenvalue weighted by Gasteiger charge is 2.15. The molecule has 0 bridgehead atoms. The predicted octanol–water partition coefficient (Wildman–Crippen LogP) is 6.07. The van der Waals surface area contributed by atoms with Crippen LogP contribution in [0.15, 0.2) is 107 Å². The highest BCUT2D eigenvalue weighted by Crippen LogP contribution is 2.22. The largest absolute Gasteiger partial charge is 0.462 e. The Kier molecular flexibility index (Phi) is 10.5. The molecule has 0 aliphatic rings. The maximum Gasteiger partial charge on any atom is 0.338 e. The van der Waals surface area contributed by atoms with Gasteiger partial charge >= 0.3 is 5.97 Å². The van der Waals surface area contributed by atoms with Crippen molar-refractivity contribution in [1.29, 1.82) is 0 Å². The van der Waals surface area contributed by atoms with Gasteiger partial charge in [0.15, 0.2) is 0 Å². The van der Waals surface area contributed by atoms with E-state index >= 15 is 0 Å². The summed E-state index contributed by atoms with van der Waals surface area (Å²) in [6.07, 6.45) is 1.63. The van der Waals surface area contributed by atoms with Gasteiger partial charge in [0.1, 0.15) is 5.70 Å². The van der Waals surface area contributed by atoms with Gasteiger partial charge in [-0.2, -0.15) is 0 Å². The third kappa shape index (κ3) is 8.92. The van der Waals surface area contributed by atoms with Gasteiger partial charge in [0.25, 0.3) is 11.8 Å². The van der Waals surface area contributed by atoms with Gasteiger partial charge in [-0.3, -0.25) is 14.4 Å². The van der Waals surface area contributed by atoms with Gasteiger partial charge in [-0.05, 0) is 85.1 Å². The minimum Gasteiger partial charge on any atom is -0.462 e. The summed E-state index contributed by atoms with van der Waals surface area (Å²) in [6, 6.07) is 25.9. The standard InChI is InChI=1S/C31H27N3O5S2/c1-2-39-31(38)22-10-12-23(13-11-22)32-28(35)20-41-25-16-14-24(15-17-25)33-30(37)27(19-26-9-6-18-40-26)34-29(36)21-7-4-3-5-8-21/h3-19H,2,20H2,1H3,(H,32,35)(H,33,37)(H,34,36)/b27-19-. The van der Waals surface area contributed by atoms with Crippen molar-refractivity contribution in [1.82, 2.24) is 5.32 Å². The topological polar surface area (TPSA) is 114 Å². The molecule has 3 amide bonds. The minimum absolute atomic E-state index is 0.117. The number of hydrogen-bond donors (Lipinski definition) is 3. The second-order valence-corrected chi connectivity index (χ2v) is 10.5. The SMILES string of the molecule is CCOC(=O)c1ccc(NC(=O)CSc2ccc(NC(=O)/C(=C/c3cccs3)NC(=O)c3ccccc3)cc2)cc1. The highest BCUT2D eigenvalue weighted by molar-refractivity contribution is 8.00. The van der Waals surface area contributed by atoms with Crippen LogP contribution in [0.25, 0.3) is 6.08 Å². The van der Waals surface area contributed by atoms with Crippen LogP contribution in [-0.4, -0.2) is 36.1 Å². The number of anilines is 2.